The normalized spacial score (nSPS) is 22.1. The van der Waals surface area contributed by atoms with E-state index in [0.717, 1.165) is 12.5 Å². The number of rotatable bonds is 2. The van der Waals surface area contributed by atoms with Crippen molar-refractivity contribution < 1.29 is 8.78 Å². The number of hydrogen-bond acceptors (Lipinski definition) is 3. The van der Waals surface area contributed by atoms with Gasteiger partial charge in [-0.2, -0.15) is 0 Å². The molecular weight excluding hydrogens is 284 g/mol. The van der Waals surface area contributed by atoms with E-state index in [1.807, 2.05) is 11.8 Å². The Morgan fingerprint density at radius 3 is 2.89 bits per heavy atom. The first kappa shape index (κ1) is 12.9. The van der Waals surface area contributed by atoms with Crippen molar-refractivity contribution in [3.8, 4) is 0 Å². The lowest BCUT2D eigenvalue weighted by Gasteiger charge is -2.28. The van der Waals surface area contributed by atoms with Crippen molar-refractivity contribution in [3.05, 3.63) is 46.8 Å². The summed E-state index contributed by atoms with van der Waals surface area (Å²) in [6, 6.07) is 5.83. The molecule has 0 bridgehead atoms. The zero-order valence-corrected chi connectivity index (χ0v) is 12.0. The van der Waals surface area contributed by atoms with Crippen molar-refractivity contribution in [1.29, 1.82) is 0 Å². The highest BCUT2D eigenvalue weighted by atomic mass is 32.2. The monoisotopic (exact) mass is 297 g/mol. The van der Waals surface area contributed by atoms with Gasteiger partial charge >= 0.3 is 0 Å². The van der Waals surface area contributed by atoms with E-state index in [-0.39, 0.29) is 6.04 Å². The van der Waals surface area contributed by atoms with E-state index in [1.165, 1.54) is 21.9 Å². The van der Waals surface area contributed by atoms with Crippen molar-refractivity contribution in [2.75, 3.05) is 5.32 Å². The Hall–Kier alpha value is -1.07. The standard InChI is InChI=1S/C14H13F2NS2/c1-8-6-13(10-4-5-18-14(10)19-8)17-12-3-2-9(15)7-11(12)16/h2-5,7-8,13,17H,6H2,1H3/t8-,13?/m0/s1. The zero-order valence-electron chi connectivity index (χ0n) is 10.3. The van der Waals surface area contributed by atoms with Gasteiger partial charge in [-0.25, -0.2) is 8.78 Å². The van der Waals surface area contributed by atoms with Crippen LogP contribution in [0.15, 0.2) is 33.9 Å². The Kier molecular flexibility index (Phi) is 3.50. The third kappa shape index (κ3) is 2.62. The minimum Gasteiger partial charge on any atom is -0.376 e. The summed E-state index contributed by atoms with van der Waals surface area (Å²) >= 11 is 3.58. The summed E-state index contributed by atoms with van der Waals surface area (Å²) in [7, 11) is 0. The van der Waals surface area contributed by atoms with Gasteiger partial charge in [0.1, 0.15) is 11.6 Å². The first-order chi connectivity index (χ1) is 9.13. The van der Waals surface area contributed by atoms with Crippen LogP contribution in [-0.4, -0.2) is 5.25 Å². The van der Waals surface area contributed by atoms with Gasteiger partial charge in [0.25, 0.3) is 0 Å². The molecule has 1 aromatic heterocycles. The molecule has 1 N–H and O–H groups in total. The molecule has 0 saturated carbocycles. The van der Waals surface area contributed by atoms with Crippen molar-refractivity contribution in [2.45, 2.75) is 28.8 Å². The average Bonchev–Trinajstić information content (AvgIpc) is 2.80. The molecule has 5 heteroatoms. The van der Waals surface area contributed by atoms with E-state index >= 15 is 0 Å². The highest BCUT2D eigenvalue weighted by molar-refractivity contribution is 8.01. The molecule has 0 saturated heterocycles. The lowest BCUT2D eigenvalue weighted by atomic mass is 10.0. The SMILES string of the molecule is C[C@H]1CC(Nc2ccc(F)cc2F)c2ccsc2S1. The zero-order chi connectivity index (χ0) is 13.4. The van der Waals surface area contributed by atoms with Gasteiger partial charge in [0.2, 0.25) is 0 Å². The minimum absolute atomic E-state index is 0.0949. The molecule has 1 aliphatic rings. The second-order valence-corrected chi connectivity index (χ2v) is 7.27. The van der Waals surface area contributed by atoms with Crippen LogP contribution in [0.3, 0.4) is 0 Å². The Bertz CT molecular complexity index is 597. The third-order valence-electron chi connectivity index (χ3n) is 3.17. The molecule has 2 atom stereocenters. The maximum absolute atomic E-state index is 13.7. The molecule has 19 heavy (non-hydrogen) atoms. The first-order valence-electron chi connectivity index (χ1n) is 6.09. The molecule has 1 aromatic carbocycles. The minimum atomic E-state index is -0.549. The van der Waals surface area contributed by atoms with Crippen LogP contribution in [0.4, 0.5) is 14.5 Å². The van der Waals surface area contributed by atoms with Crippen LogP contribution in [0.5, 0.6) is 0 Å². The van der Waals surface area contributed by atoms with E-state index in [1.54, 1.807) is 11.3 Å². The van der Waals surface area contributed by atoms with E-state index in [4.69, 9.17) is 0 Å². The molecule has 2 heterocycles. The van der Waals surface area contributed by atoms with E-state index in [9.17, 15) is 8.78 Å². The fourth-order valence-electron chi connectivity index (χ4n) is 2.28. The highest BCUT2D eigenvalue weighted by Crippen LogP contribution is 2.45. The number of benzene rings is 1. The lowest BCUT2D eigenvalue weighted by Crippen LogP contribution is -2.19. The van der Waals surface area contributed by atoms with Gasteiger partial charge in [-0.3, -0.25) is 0 Å². The first-order valence-corrected chi connectivity index (χ1v) is 7.85. The molecule has 0 aliphatic carbocycles. The molecule has 100 valence electrons. The van der Waals surface area contributed by atoms with Crippen LogP contribution in [0.2, 0.25) is 0 Å². The Morgan fingerprint density at radius 2 is 2.11 bits per heavy atom. The number of anilines is 1. The second kappa shape index (κ2) is 5.13. The van der Waals surface area contributed by atoms with Crippen molar-refractivity contribution in [3.63, 3.8) is 0 Å². The summed E-state index contributed by atoms with van der Waals surface area (Å²) in [6.07, 6.45) is 0.936. The van der Waals surface area contributed by atoms with E-state index < -0.39 is 11.6 Å². The molecule has 1 aliphatic heterocycles. The van der Waals surface area contributed by atoms with E-state index in [2.05, 4.69) is 23.7 Å². The summed E-state index contributed by atoms with van der Waals surface area (Å²) < 4.78 is 27.9. The summed E-state index contributed by atoms with van der Waals surface area (Å²) in [5.41, 5.74) is 1.58. The smallest absolute Gasteiger partial charge is 0.149 e. The van der Waals surface area contributed by atoms with Crippen LogP contribution in [0.1, 0.15) is 24.9 Å². The number of thiophene rings is 1. The van der Waals surface area contributed by atoms with Crippen LogP contribution < -0.4 is 5.32 Å². The number of halogens is 2. The fourth-order valence-corrected chi connectivity index (χ4v) is 4.85. The quantitative estimate of drug-likeness (QED) is 0.831. The third-order valence-corrected chi connectivity index (χ3v) is 5.51. The average molecular weight is 297 g/mol. The summed E-state index contributed by atoms with van der Waals surface area (Å²) in [5, 5.41) is 5.75. The Labute approximate surface area is 119 Å². The van der Waals surface area contributed by atoms with Gasteiger partial charge in [-0.15, -0.1) is 23.1 Å². The lowest BCUT2D eigenvalue weighted by molar-refractivity contribution is 0.580. The highest BCUT2D eigenvalue weighted by Gasteiger charge is 2.26. The molecule has 1 unspecified atom stereocenters. The molecule has 0 fully saturated rings. The predicted molar refractivity (Wildman–Crippen MR) is 77.0 cm³/mol. The van der Waals surface area contributed by atoms with Crippen molar-refractivity contribution in [1.82, 2.24) is 0 Å². The molecule has 1 nitrogen and oxygen atoms in total. The Morgan fingerprint density at radius 1 is 1.26 bits per heavy atom. The van der Waals surface area contributed by atoms with Gasteiger partial charge < -0.3 is 5.32 Å². The molecule has 3 rings (SSSR count). The Balaban J connectivity index is 1.88. The maximum atomic E-state index is 13.7. The second-order valence-electron chi connectivity index (χ2n) is 4.65. The molecule has 0 amide bonds. The van der Waals surface area contributed by atoms with Gasteiger partial charge in [0, 0.05) is 11.3 Å². The topological polar surface area (TPSA) is 12.0 Å². The van der Waals surface area contributed by atoms with Crippen molar-refractivity contribution in [2.24, 2.45) is 0 Å². The number of hydrogen-bond donors (Lipinski definition) is 1. The van der Waals surface area contributed by atoms with Gasteiger partial charge in [0.15, 0.2) is 0 Å². The molecule has 2 aromatic rings. The van der Waals surface area contributed by atoms with Crippen LogP contribution in [0.25, 0.3) is 0 Å². The fraction of sp³-hybridized carbons (Fsp3) is 0.286. The van der Waals surface area contributed by atoms with Gasteiger partial charge in [0.05, 0.1) is 15.9 Å². The molecule has 0 radical (unpaired) electrons. The van der Waals surface area contributed by atoms with Crippen LogP contribution in [0, 0.1) is 11.6 Å². The van der Waals surface area contributed by atoms with Crippen LogP contribution in [-0.2, 0) is 0 Å². The van der Waals surface area contributed by atoms with Gasteiger partial charge in [-0.05, 0) is 35.6 Å². The van der Waals surface area contributed by atoms with Crippen LogP contribution >= 0.6 is 23.1 Å². The number of fused-ring (bicyclic) bond motifs is 1. The number of nitrogens with one attached hydrogen (secondary N) is 1. The molecule has 0 spiro atoms. The van der Waals surface area contributed by atoms with E-state index in [0.29, 0.717) is 10.9 Å². The predicted octanol–water partition coefficient (Wildman–Crippen LogP) is 5.06. The summed E-state index contributed by atoms with van der Waals surface area (Å²) in [5.74, 6) is -1.09. The molecular formula is C14H13F2NS2. The van der Waals surface area contributed by atoms with Crippen molar-refractivity contribution >= 4 is 28.8 Å². The maximum Gasteiger partial charge on any atom is 0.149 e. The summed E-state index contributed by atoms with van der Waals surface area (Å²) in [6.45, 7) is 2.17. The largest absolute Gasteiger partial charge is 0.376 e. The summed E-state index contributed by atoms with van der Waals surface area (Å²) in [4.78, 5) is 0. The number of thioether (sulfide) groups is 1. The van der Waals surface area contributed by atoms with Gasteiger partial charge in [-0.1, -0.05) is 6.92 Å².